The molecule has 9 heteroatoms. The average molecular weight is 571 g/mol. The number of hydrogen-bond donors (Lipinski definition) is 1. The van der Waals surface area contributed by atoms with E-state index in [1.807, 2.05) is 30.3 Å². The second-order valence-electron chi connectivity index (χ2n) is 12.4. The molecular formula is C31H46N2O6Si. The number of nitrogens with zero attached hydrogens (tertiary/aromatic N) is 1. The number of benzene rings is 2. The van der Waals surface area contributed by atoms with E-state index in [4.69, 9.17) is 19.6 Å². The molecule has 0 aliphatic heterocycles. The summed E-state index contributed by atoms with van der Waals surface area (Å²) in [5.74, 6) is -2.26. The zero-order valence-corrected chi connectivity index (χ0v) is 26.4. The average Bonchev–Trinajstić information content (AvgIpc) is 2.86. The molecule has 2 rings (SSSR count). The molecule has 0 aromatic heterocycles. The van der Waals surface area contributed by atoms with Crippen molar-refractivity contribution in [3.05, 3.63) is 65.7 Å². The van der Waals surface area contributed by atoms with Crippen molar-refractivity contribution in [1.29, 1.82) is 0 Å². The van der Waals surface area contributed by atoms with Crippen LogP contribution in [0.25, 0.3) is 0 Å². The van der Waals surface area contributed by atoms with Gasteiger partial charge in [-0.2, -0.15) is 0 Å². The molecular weight excluding hydrogens is 524 g/mol. The predicted molar refractivity (Wildman–Crippen MR) is 160 cm³/mol. The quantitative estimate of drug-likeness (QED) is 0.210. The number of para-hydroxylation sites is 1. The molecule has 8 nitrogen and oxygen atoms in total. The molecule has 0 spiro atoms. The van der Waals surface area contributed by atoms with Crippen LogP contribution in [0.4, 0.5) is 5.69 Å². The lowest BCUT2D eigenvalue weighted by atomic mass is 9.87. The third-order valence-electron chi connectivity index (χ3n) is 5.88. The van der Waals surface area contributed by atoms with Gasteiger partial charge in [0.15, 0.2) is 15.1 Å². The van der Waals surface area contributed by atoms with Crippen LogP contribution < -0.4 is 10.6 Å². The minimum Gasteiger partial charge on any atom is -0.459 e. The van der Waals surface area contributed by atoms with Gasteiger partial charge in [-0.15, -0.1) is 0 Å². The third-order valence-corrected chi connectivity index (χ3v) is 6.76. The number of carbonyl (C=O) groups excluding carboxylic acids is 3. The Morgan fingerprint density at radius 1 is 0.925 bits per heavy atom. The lowest BCUT2D eigenvalue weighted by Gasteiger charge is -2.32. The highest BCUT2D eigenvalue weighted by Gasteiger charge is 2.34. The van der Waals surface area contributed by atoms with Gasteiger partial charge in [0.1, 0.15) is 18.8 Å². The smallest absolute Gasteiger partial charge is 0.333 e. The number of nitrogens with two attached hydrogens (primary N) is 1. The number of carbonyl (C=O) groups is 3. The molecule has 2 aromatic carbocycles. The van der Waals surface area contributed by atoms with Crippen LogP contribution in [0.3, 0.4) is 0 Å². The number of hydrogen-bond acceptors (Lipinski definition) is 7. The van der Waals surface area contributed by atoms with Crippen LogP contribution >= 0.6 is 0 Å². The third kappa shape index (κ3) is 11.2. The second kappa shape index (κ2) is 14.6. The van der Waals surface area contributed by atoms with Crippen LogP contribution in [0, 0.1) is 5.41 Å². The van der Waals surface area contributed by atoms with Gasteiger partial charge in [-0.1, -0.05) is 69.3 Å². The molecule has 0 heterocycles. The molecule has 2 N–H and O–H groups in total. The summed E-state index contributed by atoms with van der Waals surface area (Å²) in [7, 11) is -1.49. The summed E-state index contributed by atoms with van der Waals surface area (Å²) in [6.07, 6.45) is 1.32. The van der Waals surface area contributed by atoms with Crippen molar-refractivity contribution in [1.82, 2.24) is 0 Å². The van der Waals surface area contributed by atoms with E-state index >= 15 is 0 Å². The highest BCUT2D eigenvalue weighted by molar-refractivity contribution is 6.48. The van der Waals surface area contributed by atoms with Crippen LogP contribution in [-0.2, 0) is 34.9 Å². The van der Waals surface area contributed by atoms with Gasteiger partial charge in [-0.3, -0.25) is 14.5 Å². The Balaban J connectivity index is 2.44. The Morgan fingerprint density at radius 3 is 2.10 bits per heavy atom. The monoisotopic (exact) mass is 570 g/mol. The van der Waals surface area contributed by atoms with Crippen LogP contribution in [0.2, 0.25) is 13.1 Å². The minimum atomic E-state index is -1.63. The van der Waals surface area contributed by atoms with Crippen LogP contribution in [0.1, 0.15) is 71.6 Å². The molecule has 40 heavy (non-hydrogen) atoms. The number of esters is 2. The van der Waals surface area contributed by atoms with E-state index in [1.54, 1.807) is 45.0 Å². The highest BCUT2D eigenvalue weighted by atomic mass is 28.3. The van der Waals surface area contributed by atoms with E-state index in [9.17, 15) is 14.4 Å². The number of amides is 1. The summed E-state index contributed by atoms with van der Waals surface area (Å²) >= 11 is 0. The molecule has 0 bridgehead atoms. The Labute approximate surface area is 240 Å². The van der Waals surface area contributed by atoms with Crippen molar-refractivity contribution < 1.29 is 28.3 Å². The molecule has 2 unspecified atom stereocenters. The van der Waals surface area contributed by atoms with Crippen LogP contribution in [0.15, 0.2) is 54.6 Å². The zero-order chi connectivity index (χ0) is 30.1. The number of rotatable bonds is 12. The summed E-state index contributed by atoms with van der Waals surface area (Å²) in [5.41, 5.74) is 7.44. The van der Waals surface area contributed by atoms with Gasteiger partial charge >= 0.3 is 11.9 Å². The first-order chi connectivity index (χ1) is 18.6. The molecule has 0 radical (unpaired) electrons. The van der Waals surface area contributed by atoms with Crippen molar-refractivity contribution in [2.45, 2.75) is 91.8 Å². The van der Waals surface area contributed by atoms with Crippen molar-refractivity contribution in [3.63, 3.8) is 0 Å². The van der Waals surface area contributed by atoms with Gasteiger partial charge in [0.25, 0.3) is 5.91 Å². The maximum atomic E-state index is 13.8. The fourth-order valence-electron chi connectivity index (χ4n) is 4.07. The van der Waals surface area contributed by atoms with Crippen LogP contribution in [-0.4, -0.2) is 45.1 Å². The Kier molecular flexibility index (Phi) is 12.1. The molecule has 0 aliphatic rings. The van der Waals surface area contributed by atoms with E-state index in [-0.39, 0.29) is 18.1 Å². The molecule has 220 valence electrons. The maximum Gasteiger partial charge on any atom is 0.333 e. The maximum absolute atomic E-state index is 13.8. The molecule has 0 aliphatic carbocycles. The molecule has 0 saturated carbocycles. The topological polar surface area (TPSA) is 108 Å². The van der Waals surface area contributed by atoms with Gasteiger partial charge in [0.05, 0.1) is 11.8 Å². The van der Waals surface area contributed by atoms with E-state index in [0.717, 1.165) is 24.0 Å². The first-order valence-electron chi connectivity index (χ1n) is 13.8. The lowest BCUT2D eigenvalue weighted by molar-refractivity contribution is -0.155. The van der Waals surface area contributed by atoms with Gasteiger partial charge < -0.3 is 19.6 Å². The summed E-state index contributed by atoms with van der Waals surface area (Å²) in [4.78, 5) is 40.8. The highest BCUT2D eigenvalue weighted by Crippen LogP contribution is 2.36. The predicted octanol–water partition coefficient (Wildman–Crippen LogP) is 5.30. The number of ether oxygens (including phenoxy) is 2. The molecule has 2 aromatic rings. The zero-order valence-electron chi connectivity index (χ0n) is 25.2. The largest absolute Gasteiger partial charge is 0.459 e. The summed E-state index contributed by atoms with van der Waals surface area (Å²) in [5, 5.41) is 0. The van der Waals surface area contributed by atoms with E-state index in [2.05, 4.69) is 33.9 Å². The van der Waals surface area contributed by atoms with E-state index in [1.165, 1.54) is 4.90 Å². The molecule has 1 amide bonds. The number of anilines is 1. The normalized spacial score (nSPS) is 13.4. The first-order valence-corrected chi connectivity index (χ1v) is 16.6. The summed E-state index contributed by atoms with van der Waals surface area (Å²) in [6, 6.07) is 14.8. The van der Waals surface area contributed by atoms with Crippen molar-refractivity contribution >= 4 is 32.6 Å². The Morgan fingerprint density at radius 2 is 1.52 bits per heavy atom. The standard InChI is InChI=1S/C31H46N2O6Si/c1-30(2,3)19-18-25(39-40(7)8)23-16-12-13-17-24(23)33(20-26(34)38-31(4,5)6)28(35)27(32)29(36)37-21-22-14-10-9-11-15-22/h9-17,25,27,40H,18-21,32H2,1-8H3. The Hall–Kier alpha value is -3.01. The fraction of sp³-hybridized carbons (Fsp3) is 0.516. The Bertz CT molecular complexity index is 1120. The SMILES string of the molecule is C[SiH](C)OC(CCC(C)(C)C)c1ccccc1N(CC(=O)OC(C)(C)C)C(=O)C(N)C(=O)OCc1ccccc1. The minimum absolute atomic E-state index is 0.0228. The molecule has 2 atom stereocenters. The summed E-state index contributed by atoms with van der Waals surface area (Å²) in [6.45, 7) is 15.5. The van der Waals surface area contributed by atoms with Gasteiger partial charge in [0, 0.05) is 5.56 Å². The van der Waals surface area contributed by atoms with Crippen molar-refractivity contribution in [2.24, 2.45) is 11.1 Å². The molecule has 0 fully saturated rings. The van der Waals surface area contributed by atoms with Crippen LogP contribution in [0.5, 0.6) is 0 Å². The van der Waals surface area contributed by atoms with Crippen molar-refractivity contribution in [2.75, 3.05) is 11.4 Å². The second-order valence-corrected chi connectivity index (χ2v) is 14.8. The molecule has 0 saturated heterocycles. The fourth-order valence-corrected chi connectivity index (χ4v) is 5.01. The van der Waals surface area contributed by atoms with E-state index in [0.29, 0.717) is 5.69 Å². The lowest BCUT2D eigenvalue weighted by Crippen LogP contribution is -2.51. The summed E-state index contributed by atoms with van der Waals surface area (Å²) < 4.78 is 17.3. The van der Waals surface area contributed by atoms with Gasteiger partial charge in [0.2, 0.25) is 0 Å². The van der Waals surface area contributed by atoms with Crippen molar-refractivity contribution in [3.8, 4) is 0 Å². The van der Waals surface area contributed by atoms with Gasteiger partial charge in [-0.05, 0) is 63.8 Å². The van der Waals surface area contributed by atoms with Gasteiger partial charge in [-0.25, -0.2) is 4.79 Å². The van der Waals surface area contributed by atoms with E-state index < -0.39 is 45.1 Å². The first kappa shape index (κ1) is 33.2.